The van der Waals surface area contributed by atoms with Crippen molar-refractivity contribution in [1.29, 1.82) is 0 Å². The zero-order valence-electron chi connectivity index (χ0n) is 22.8. The molecule has 2 unspecified atom stereocenters. The molecule has 2 heterocycles. The summed E-state index contributed by atoms with van der Waals surface area (Å²) in [5.41, 5.74) is 0.959. The lowest BCUT2D eigenvalue weighted by molar-refractivity contribution is -0.137. The molecule has 0 spiro atoms. The summed E-state index contributed by atoms with van der Waals surface area (Å²) >= 11 is -1.91. The van der Waals surface area contributed by atoms with Gasteiger partial charge in [0.1, 0.15) is 12.6 Å². The Hall–Kier alpha value is -3.41. The summed E-state index contributed by atoms with van der Waals surface area (Å²) in [4.78, 5) is 5.01. The molecule has 0 saturated carbocycles. The van der Waals surface area contributed by atoms with Crippen LogP contribution in [0.4, 0.5) is 13.2 Å². The topological polar surface area (TPSA) is 81.6 Å². The molecule has 0 aromatic heterocycles. The van der Waals surface area contributed by atoms with Crippen LogP contribution in [-0.2, 0) is 26.8 Å². The molecule has 3 aromatic carbocycles. The number of rotatable bonds is 8. The van der Waals surface area contributed by atoms with Crippen LogP contribution >= 0.6 is 0 Å². The van der Waals surface area contributed by atoms with E-state index in [0.29, 0.717) is 34.3 Å². The molecule has 1 saturated heterocycles. The fourth-order valence-electron chi connectivity index (χ4n) is 4.65. The zero-order chi connectivity index (χ0) is 29.1. The molecule has 218 valence electrons. The Kier molecular flexibility index (Phi) is 8.67. The summed E-state index contributed by atoms with van der Waals surface area (Å²) in [6, 6.07) is 12.9. The van der Waals surface area contributed by atoms with Crippen molar-refractivity contribution in [2.24, 2.45) is 4.99 Å². The largest absolute Gasteiger partial charge is 0.606 e. The maximum absolute atomic E-state index is 13.6. The number of benzene rings is 3. The van der Waals surface area contributed by atoms with Crippen molar-refractivity contribution in [3.63, 3.8) is 0 Å². The van der Waals surface area contributed by atoms with Crippen molar-refractivity contribution >= 4 is 17.1 Å². The van der Waals surface area contributed by atoms with Gasteiger partial charge in [0.05, 0.1) is 32.0 Å². The van der Waals surface area contributed by atoms with Crippen LogP contribution in [0, 0.1) is 6.92 Å². The lowest BCUT2D eigenvalue weighted by Crippen LogP contribution is -2.25. The monoisotopic (exact) mass is 589 g/mol. The highest BCUT2D eigenvalue weighted by molar-refractivity contribution is 7.91. The van der Waals surface area contributed by atoms with Gasteiger partial charge in [0.15, 0.2) is 27.6 Å². The van der Waals surface area contributed by atoms with Crippen molar-refractivity contribution < 1.29 is 41.4 Å². The van der Waals surface area contributed by atoms with Crippen molar-refractivity contribution in [2.45, 2.75) is 54.5 Å². The highest BCUT2D eigenvalue weighted by Crippen LogP contribution is 2.43. The van der Waals surface area contributed by atoms with Gasteiger partial charge >= 0.3 is 6.18 Å². The molecule has 11 heteroatoms. The first kappa shape index (κ1) is 29.1. The average Bonchev–Trinajstić information content (AvgIpc) is 3.47. The molecule has 3 aromatic rings. The minimum atomic E-state index is -4.61. The summed E-state index contributed by atoms with van der Waals surface area (Å²) in [7, 11) is 3.03. The van der Waals surface area contributed by atoms with E-state index < -0.39 is 35.2 Å². The average molecular weight is 590 g/mol. The lowest BCUT2D eigenvalue weighted by Gasteiger charge is -2.25. The van der Waals surface area contributed by atoms with Gasteiger partial charge in [-0.1, -0.05) is 17.7 Å². The van der Waals surface area contributed by atoms with Gasteiger partial charge < -0.3 is 28.2 Å². The van der Waals surface area contributed by atoms with Crippen LogP contribution in [0.15, 0.2) is 69.4 Å². The molecule has 0 bridgehead atoms. The number of halogens is 3. The fraction of sp³-hybridized carbons (Fsp3) is 0.367. The van der Waals surface area contributed by atoms with Gasteiger partial charge in [0, 0.05) is 23.7 Å². The standard InChI is InChI=1S/C30H30F3NO6S/c1-18-7-10-21(11-8-18)41(35)26-16-20(30(31,32)33)9-12-22(26)29-34-23(17-39-29)19-14-24(36-2)28(25(15-19)37-3)40-27-6-4-5-13-38-27/h7-12,14-16,23,27H,4-6,13,17H2,1-3H3/t23-,27?,41?/m1/s1. The maximum Gasteiger partial charge on any atom is 0.416 e. The fourth-order valence-corrected chi connectivity index (χ4v) is 5.88. The molecular weight excluding hydrogens is 559 g/mol. The molecule has 1 fully saturated rings. The molecule has 0 amide bonds. The molecule has 2 aliphatic heterocycles. The van der Waals surface area contributed by atoms with Gasteiger partial charge in [-0.05, 0) is 61.7 Å². The van der Waals surface area contributed by atoms with Gasteiger partial charge in [0.2, 0.25) is 11.6 Å². The van der Waals surface area contributed by atoms with Crippen LogP contribution in [0.2, 0.25) is 0 Å². The minimum Gasteiger partial charge on any atom is -0.606 e. The van der Waals surface area contributed by atoms with E-state index in [9.17, 15) is 17.7 Å². The first-order valence-electron chi connectivity index (χ1n) is 13.1. The third-order valence-corrected chi connectivity index (χ3v) is 8.32. The highest BCUT2D eigenvalue weighted by Gasteiger charge is 2.36. The summed E-state index contributed by atoms with van der Waals surface area (Å²) in [5, 5.41) is 0. The van der Waals surface area contributed by atoms with E-state index in [-0.39, 0.29) is 23.0 Å². The van der Waals surface area contributed by atoms with E-state index in [2.05, 4.69) is 4.99 Å². The second-order valence-electron chi connectivity index (χ2n) is 9.72. The van der Waals surface area contributed by atoms with E-state index in [0.717, 1.165) is 37.0 Å². The maximum atomic E-state index is 13.6. The number of methoxy groups -OCH3 is 2. The smallest absolute Gasteiger partial charge is 0.416 e. The lowest BCUT2D eigenvalue weighted by atomic mass is 10.1. The number of nitrogens with zero attached hydrogens (tertiary/aromatic N) is 1. The first-order valence-corrected chi connectivity index (χ1v) is 14.3. The third-order valence-electron chi connectivity index (χ3n) is 6.88. The molecule has 0 N–H and O–H groups in total. The summed E-state index contributed by atoms with van der Waals surface area (Å²) in [6.45, 7) is 2.60. The number of ether oxygens (including phenoxy) is 5. The van der Waals surface area contributed by atoms with Gasteiger partial charge in [-0.25, -0.2) is 4.99 Å². The third kappa shape index (κ3) is 6.42. The second kappa shape index (κ2) is 12.2. The molecule has 41 heavy (non-hydrogen) atoms. The number of alkyl halides is 3. The Bertz CT molecular complexity index is 1380. The SMILES string of the molecule is COc1cc([C@H]2COC(c3ccc(C(F)(F)F)cc3[S+]([O-])c3ccc(C)cc3)=N2)cc(OC)c1OC1CCCCO1. The van der Waals surface area contributed by atoms with Crippen LogP contribution in [0.25, 0.3) is 0 Å². The van der Waals surface area contributed by atoms with Crippen LogP contribution in [0.5, 0.6) is 17.2 Å². The quantitative estimate of drug-likeness (QED) is 0.275. The molecule has 3 atom stereocenters. The predicted octanol–water partition coefficient (Wildman–Crippen LogP) is 6.62. The molecule has 7 nitrogen and oxygen atoms in total. The molecule has 0 aliphatic carbocycles. The van der Waals surface area contributed by atoms with Gasteiger partial charge in [0.25, 0.3) is 0 Å². The zero-order valence-corrected chi connectivity index (χ0v) is 23.6. The Morgan fingerprint density at radius 3 is 2.29 bits per heavy atom. The summed E-state index contributed by atoms with van der Waals surface area (Å²) < 4.78 is 83.2. The van der Waals surface area contributed by atoms with Crippen LogP contribution < -0.4 is 14.2 Å². The molecule has 2 aliphatic rings. The first-order chi connectivity index (χ1) is 19.7. The van der Waals surface area contributed by atoms with E-state index in [1.54, 1.807) is 36.4 Å². The highest BCUT2D eigenvalue weighted by atomic mass is 32.2. The Balaban J connectivity index is 1.49. The van der Waals surface area contributed by atoms with E-state index >= 15 is 0 Å². The second-order valence-corrected chi connectivity index (χ2v) is 11.2. The number of aliphatic imine (C=N–C) groups is 1. The van der Waals surface area contributed by atoms with Gasteiger partial charge in [-0.2, -0.15) is 13.2 Å². The number of hydrogen-bond donors (Lipinski definition) is 0. The van der Waals surface area contributed by atoms with E-state index in [4.69, 9.17) is 23.7 Å². The molecular formula is C30H30F3NO6S. The summed E-state index contributed by atoms with van der Waals surface area (Å²) in [6.07, 6.45) is -2.30. The number of hydrogen-bond acceptors (Lipinski definition) is 7. The Morgan fingerprint density at radius 1 is 0.976 bits per heavy atom. The van der Waals surface area contributed by atoms with Crippen LogP contribution in [-0.4, -0.2) is 44.2 Å². The Labute approximate surface area is 239 Å². The van der Waals surface area contributed by atoms with Crippen molar-refractivity contribution in [3.8, 4) is 17.2 Å². The van der Waals surface area contributed by atoms with E-state index in [1.165, 1.54) is 20.3 Å². The summed E-state index contributed by atoms with van der Waals surface area (Å²) in [5.74, 6) is 1.36. The molecule has 0 radical (unpaired) electrons. The predicted molar refractivity (Wildman–Crippen MR) is 146 cm³/mol. The van der Waals surface area contributed by atoms with Crippen molar-refractivity contribution in [1.82, 2.24) is 0 Å². The van der Waals surface area contributed by atoms with Crippen LogP contribution in [0.3, 0.4) is 0 Å². The van der Waals surface area contributed by atoms with Crippen LogP contribution in [0.1, 0.15) is 47.6 Å². The van der Waals surface area contributed by atoms with Crippen molar-refractivity contribution in [2.75, 3.05) is 27.4 Å². The van der Waals surface area contributed by atoms with Gasteiger partial charge in [-0.15, -0.1) is 0 Å². The van der Waals surface area contributed by atoms with Crippen molar-refractivity contribution in [3.05, 3.63) is 76.9 Å². The normalized spacial score (nSPS) is 19.7. The van der Waals surface area contributed by atoms with Gasteiger partial charge in [-0.3, -0.25) is 0 Å². The Morgan fingerprint density at radius 2 is 1.68 bits per heavy atom. The molecule has 5 rings (SSSR count). The minimum absolute atomic E-state index is 0.0329. The number of aryl methyl sites for hydroxylation is 1. The van der Waals surface area contributed by atoms with E-state index in [1.807, 2.05) is 6.92 Å².